The predicted octanol–water partition coefficient (Wildman–Crippen LogP) is 4.30. The minimum Gasteiger partial charge on any atom is -0.101 e. The average molecular weight is 260 g/mol. The molecule has 0 nitrogen and oxygen atoms in total. The van der Waals surface area contributed by atoms with Gasteiger partial charge in [-0.2, -0.15) is 0 Å². The van der Waals surface area contributed by atoms with Crippen LogP contribution in [-0.4, -0.2) is 8.67 Å². The van der Waals surface area contributed by atoms with Crippen molar-refractivity contribution in [2.75, 3.05) is 0 Å². The summed E-state index contributed by atoms with van der Waals surface area (Å²) < 4.78 is -1.09. The molecule has 13 heavy (non-hydrogen) atoms. The van der Waals surface area contributed by atoms with Crippen LogP contribution in [0.4, 0.5) is 0 Å². The Kier molecular flexibility index (Phi) is 1.55. The van der Waals surface area contributed by atoms with Gasteiger partial charge in [0.25, 0.3) is 0 Å². The van der Waals surface area contributed by atoms with Gasteiger partial charge in [-0.05, 0) is 25.7 Å². The van der Waals surface area contributed by atoms with Crippen LogP contribution in [0.15, 0.2) is 0 Å². The zero-order chi connectivity index (χ0) is 9.54. The van der Waals surface area contributed by atoms with E-state index in [1.54, 1.807) is 0 Å². The molecule has 3 rings (SSSR count). The van der Waals surface area contributed by atoms with E-state index in [9.17, 15) is 0 Å². The van der Waals surface area contributed by atoms with Gasteiger partial charge in [0.05, 0.1) is 0 Å². The lowest BCUT2D eigenvalue weighted by Gasteiger charge is -2.21. The van der Waals surface area contributed by atoms with Crippen LogP contribution in [0.1, 0.15) is 32.1 Å². The predicted molar refractivity (Wildman–Crippen MR) is 56.8 cm³/mol. The molecule has 0 saturated heterocycles. The van der Waals surface area contributed by atoms with Gasteiger partial charge >= 0.3 is 0 Å². The van der Waals surface area contributed by atoms with Crippen molar-refractivity contribution in [3.8, 4) is 0 Å². The molecule has 3 saturated carbocycles. The van der Waals surface area contributed by atoms with Gasteiger partial charge in [-0.25, -0.2) is 0 Å². The van der Waals surface area contributed by atoms with Crippen LogP contribution >= 0.6 is 46.4 Å². The van der Waals surface area contributed by atoms with Crippen LogP contribution in [0.25, 0.3) is 0 Å². The van der Waals surface area contributed by atoms with Gasteiger partial charge in [0.2, 0.25) is 0 Å². The molecule has 0 unspecified atom stereocenters. The molecule has 2 spiro atoms. The van der Waals surface area contributed by atoms with Crippen molar-refractivity contribution in [3.05, 3.63) is 0 Å². The second-order valence-electron chi connectivity index (χ2n) is 4.78. The molecule has 0 aromatic heterocycles. The van der Waals surface area contributed by atoms with E-state index in [1.807, 2.05) is 0 Å². The Balaban J connectivity index is 2.00. The van der Waals surface area contributed by atoms with Gasteiger partial charge in [0, 0.05) is 10.8 Å². The number of hydrogen-bond donors (Lipinski definition) is 0. The maximum atomic E-state index is 6.20. The Morgan fingerprint density at radius 1 is 0.692 bits per heavy atom. The molecule has 0 amide bonds. The molecule has 3 aliphatic carbocycles. The number of rotatable bonds is 0. The van der Waals surface area contributed by atoms with Crippen molar-refractivity contribution in [1.29, 1.82) is 0 Å². The molecule has 4 heteroatoms. The molecule has 0 aliphatic heterocycles. The zero-order valence-corrected chi connectivity index (χ0v) is 10.1. The monoisotopic (exact) mass is 258 g/mol. The first kappa shape index (κ1) is 9.39. The molecule has 0 bridgehead atoms. The summed E-state index contributed by atoms with van der Waals surface area (Å²) >= 11 is 24.8. The normalized spacial score (nSPS) is 54.5. The summed E-state index contributed by atoms with van der Waals surface area (Å²) in [6, 6.07) is 0. The SMILES string of the molecule is ClC1(Cl)C[C@@]12CCC[C@]21CC1(Cl)Cl. The van der Waals surface area contributed by atoms with Gasteiger partial charge < -0.3 is 0 Å². The molecule has 3 fully saturated rings. The molecular formula is C9H10Cl4. The Bertz CT molecular complexity index is 249. The van der Waals surface area contributed by atoms with E-state index in [1.165, 1.54) is 6.42 Å². The third kappa shape index (κ3) is 0.840. The standard InChI is InChI=1S/C9H10Cl4/c10-8(11)4-6(8)2-1-3-7(6)5-9(7,12)13/h1-5H2/t6-,7+. The molecule has 0 N–H and O–H groups in total. The number of fused-ring (bicyclic) bond motifs is 1. The Morgan fingerprint density at radius 3 is 1.23 bits per heavy atom. The van der Waals surface area contributed by atoms with Crippen molar-refractivity contribution >= 4 is 46.4 Å². The molecule has 3 aliphatic rings. The second-order valence-corrected chi connectivity index (χ2v) is 7.75. The van der Waals surface area contributed by atoms with Crippen molar-refractivity contribution in [2.45, 2.75) is 40.8 Å². The van der Waals surface area contributed by atoms with Crippen molar-refractivity contribution in [3.63, 3.8) is 0 Å². The fraction of sp³-hybridized carbons (Fsp3) is 1.00. The summed E-state index contributed by atoms with van der Waals surface area (Å²) in [6.45, 7) is 0. The largest absolute Gasteiger partial charge is 0.125 e. The highest BCUT2D eigenvalue weighted by molar-refractivity contribution is 6.54. The summed E-state index contributed by atoms with van der Waals surface area (Å²) in [5.41, 5.74) is 0.0965. The molecule has 0 aromatic carbocycles. The van der Waals surface area contributed by atoms with Crippen LogP contribution < -0.4 is 0 Å². The number of alkyl halides is 4. The summed E-state index contributed by atoms with van der Waals surface area (Å²) in [6.07, 6.45) is 5.12. The van der Waals surface area contributed by atoms with Crippen LogP contribution in [0.3, 0.4) is 0 Å². The summed E-state index contributed by atoms with van der Waals surface area (Å²) in [5, 5.41) is 0. The summed E-state index contributed by atoms with van der Waals surface area (Å²) in [4.78, 5) is 0. The summed E-state index contributed by atoms with van der Waals surface area (Å²) in [7, 11) is 0. The quantitative estimate of drug-likeness (QED) is 0.569. The minimum atomic E-state index is -0.547. The topological polar surface area (TPSA) is 0 Å². The van der Waals surface area contributed by atoms with Crippen LogP contribution in [0.5, 0.6) is 0 Å². The third-order valence-corrected chi connectivity index (χ3v) is 6.30. The van der Waals surface area contributed by atoms with Crippen LogP contribution in [0.2, 0.25) is 0 Å². The van der Waals surface area contributed by atoms with E-state index >= 15 is 0 Å². The van der Waals surface area contributed by atoms with Gasteiger partial charge in [0.1, 0.15) is 8.67 Å². The van der Waals surface area contributed by atoms with Crippen molar-refractivity contribution < 1.29 is 0 Å². The molecule has 74 valence electrons. The number of hydrogen-bond acceptors (Lipinski definition) is 0. The van der Waals surface area contributed by atoms with Gasteiger partial charge in [0.15, 0.2) is 0 Å². The minimum absolute atomic E-state index is 0.0482. The fourth-order valence-corrected chi connectivity index (χ4v) is 5.44. The third-order valence-electron chi connectivity index (χ3n) is 4.32. The lowest BCUT2D eigenvalue weighted by atomic mass is 9.89. The first-order valence-corrected chi connectivity index (χ1v) is 6.14. The maximum absolute atomic E-state index is 6.20. The lowest BCUT2D eigenvalue weighted by molar-refractivity contribution is 0.330. The molecule has 0 heterocycles. The van der Waals surface area contributed by atoms with E-state index in [0.29, 0.717) is 0 Å². The first-order valence-electron chi connectivity index (χ1n) is 4.63. The molecular weight excluding hydrogens is 250 g/mol. The van der Waals surface area contributed by atoms with Crippen molar-refractivity contribution in [1.82, 2.24) is 0 Å². The van der Waals surface area contributed by atoms with Crippen LogP contribution in [-0.2, 0) is 0 Å². The lowest BCUT2D eigenvalue weighted by Crippen LogP contribution is -2.22. The molecule has 0 radical (unpaired) electrons. The number of halogens is 4. The zero-order valence-electron chi connectivity index (χ0n) is 7.05. The fourth-order valence-electron chi connectivity index (χ4n) is 3.42. The molecule has 2 atom stereocenters. The van der Waals surface area contributed by atoms with E-state index in [2.05, 4.69) is 0 Å². The highest BCUT2D eigenvalue weighted by atomic mass is 35.5. The average Bonchev–Trinajstić information content (AvgIpc) is 2.60. The highest BCUT2D eigenvalue weighted by Gasteiger charge is 2.87. The van der Waals surface area contributed by atoms with Gasteiger partial charge in [-0.1, -0.05) is 6.42 Å². The first-order chi connectivity index (χ1) is 5.87. The van der Waals surface area contributed by atoms with E-state index in [-0.39, 0.29) is 10.8 Å². The summed E-state index contributed by atoms with van der Waals surface area (Å²) in [5.74, 6) is 0. The molecule has 0 aromatic rings. The van der Waals surface area contributed by atoms with E-state index in [0.717, 1.165) is 25.7 Å². The Labute approximate surface area is 97.9 Å². The highest BCUT2D eigenvalue weighted by Crippen LogP contribution is 2.89. The van der Waals surface area contributed by atoms with Gasteiger partial charge in [-0.15, -0.1) is 46.4 Å². The Morgan fingerprint density at radius 2 is 1.00 bits per heavy atom. The second kappa shape index (κ2) is 2.14. The van der Waals surface area contributed by atoms with Gasteiger partial charge in [-0.3, -0.25) is 0 Å². The van der Waals surface area contributed by atoms with Crippen molar-refractivity contribution in [2.24, 2.45) is 10.8 Å². The van der Waals surface area contributed by atoms with E-state index in [4.69, 9.17) is 46.4 Å². The maximum Gasteiger partial charge on any atom is 0.125 e. The smallest absolute Gasteiger partial charge is 0.101 e. The van der Waals surface area contributed by atoms with Crippen LogP contribution in [0, 0.1) is 10.8 Å². The van der Waals surface area contributed by atoms with E-state index < -0.39 is 8.67 Å². The Hall–Kier alpha value is 1.16.